The number of benzene rings is 1. The molecule has 3 heterocycles. The van der Waals surface area contributed by atoms with E-state index in [0.29, 0.717) is 18.7 Å². The number of ether oxygens (including phenoxy) is 1. The van der Waals surface area contributed by atoms with E-state index in [2.05, 4.69) is 56.4 Å². The fourth-order valence-electron chi connectivity index (χ4n) is 4.53. The lowest BCUT2D eigenvalue weighted by Crippen LogP contribution is -2.60. The number of aromatic nitrogens is 1. The first kappa shape index (κ1) is 20.5. The molecule has 2 aliphatic rings. The number of carbonyl (C=O) groups is 1. The maximum atomic E-state index is 13.1. The largest absolute Gasteiger partial charge is 0.368 e. The quantitative estimate of drug-likeness (QED) is 0.726. The predicted molar refractivity (Wildman–Crippen MR) is 119 cm³/mol. The van der Waals surface area contributed by atoms with Crippen molar-refractivity contribution in [3.05, 3.63) is 59.9 Å². The van der Waals surface area contributed by atoms with Crippen molar-refractivity contribution in [3.63, 3.8) is 0 Å². The SMILES string of the molecule is CC1CN(C(=O)c2cncc(P)c2)CC2(CCN(CCc3ccccc3)CC2)O1. The number of pyridine rings is 1. The number of nitrogens with zero attached hydrogens (tertiary/aromatic N) is 3. The number of rotatable bonds is 4. The molecule has 154 valence electrons. The molecule has 2 aliphatic heterocycles. The number of piperidine rings is 1. The summed E-state index contributed by atoms with van der Waals surface area (Å²) in [6, 6.07) is 12.5. The van der Waals surface area contributed by atoms with E-state index < -0.39 is 0 Å². The first-order valence-corrected chi connectivity index (χ1v) is 11.0. The van der Waals surface area contributed by atoms with Crippen LogP contribution >= 0.6 is 9.24 Å². The van der Waals surface area contributed by atoms with Gasteiger partial charge in [-0.2, -0.15) is 0 Å². The third kappa shape index (κ3) is 5.03. The van der Waals surface area contributed by atoms with Gasteiger partial charge >= 0.3 is 0 Å². The summed E-state index contributed by atoms with van der Waals surface area (Å²) in [6.45, 7) is 6.50. The number of hydrogen-bond donors (Lipinski definition) is 0. The van der Waals surface area contributed by atoms with Crippen LogP contribution in [0.1, 0.15) is 35.7 Å². The van der Waals surface area contributed by atoms with Gasteiger partial charge in [-0.1, -0.05) is 30.3 Å². The standard InChI is InChI=1S/C23H30N3O2P/c1-18-16-26(22(27)20-13-21(29)15-24-14-20)17-23(28-18)8-11-25(12-9-23)10-7-19-5-3-2-4-6-19/h2-6,13-15,18H,7-12,16-17,29H2,1H3. The summed E-state index contributed by atoms with van der Waals surface area (Å²) >= 11 is 0. The normalized spacial score (nSPS) is 22.0. The zero-order valence-corrected chi connectivity index (χ0v) is 18.2. The Hall–Kier alpha value is -1.81. The van der Waals surface area contributed by atoms with Crippen LogP contribution in [0.3, 0.4) is 0 Å². The number of amides is 1. The maximum absolute atomic E-state index is 13.1. The molecule has 2 fully saturated rings. The van der Waals surface area contributed by atoms with Crippen LogP contribution in [-0.4, -0.2) is 65.1 Å². The molecule has 1 spiro atoms. The van der Waals surface area contributed by atoms with E-state index in [1.807, 2.05) is 11.0 Å². The summed E-state index contributed by atoms with van der Waals surface area (Å²) in [5, 5.41) is 0.929. The van der Waals surface area contributed by atoms with Crippen molar-refractivity contribution >= 4 is 20.5 Å². The van der Waals surface area contributed by atoms with E-state index in [-0.39, 0.29) is 17.6 Å². The van der Waals surface area contributed by atoms with Crippen molar-refractivity contribution in [1.82, 2.24) is 14.8 Å². The van der Waals surface area contributed by atoms with E-state index in [4.69, 9.17) is 4.74 Å². The minimum absolute atomic E-state index is 0.0516. The lowest BCUT2D eigenvalue weighted by atomic mass is 9.88. The summed E-state index contributed by atoms with van der Waals surface area (Å²) < 4.78 is 6.43. The molecule has 29 heavy (non-hydrogen) atoms. The number of carbonyl (C=O) groups excluding carboxylic acids is 1. The fourth-order valence-corrected chi connectivity index (χ4v) is 4.79. The minimum atomic E-state index is -0.220. The number of likely N-dealkylation sites (tertiary alicyclic amines) is 1. The van der Waals surface area contributed by atoms with Gasteiger partial charge in [-0.25, -0.2) is 0 Å². The molecule has 4 rings (SSSR count). The highest BCUT2D eigenvalue weighted by Crippen LogP contribution is 2.33. The molecule has 0 N–H and O–H groups in total. The Morgan fingerprint density at radius 2 is 2.00 bits per heavy atom. The van der Waals surface area contributed by atoms with Crippen molar-refractivity contribution in [2.24, 2.45) is 0 Å². The third-order valence-corrected chi connectivity index (χ3v) is 6.34. The molecule has 5 nitrogen and oxygen atoms in total. The Balaban J connectivity index is 1.36. The molecule has 1 amide bonds. The number of hydrogen-bond acceptors (Lipinski definition) is 4. The smallest absolute Gasteiger partial charge is 0.255 e. The highest BCUT2D eigenvalue weighted by Gasteiger charge is 2.43. The summed E-state index contributed by atoms with van der Waals surface area (Å²) in [6.07, 6.45) is 6.48. The van der Waals surface area contributed by atoms with Crippen LogP contribution in [-0.2, 0) is 11.2 Å². The first-order chi connectivity index (χ1) is 14.0. The van der Waals surface area contributed by atoms with Crippen LogP contribution in [0.2, 0.25) is 0 Å². The molecule has 0 bridgehead atoms. The summed E-state index contributed by atoms with van der Waals surface area (Å²) in [5.41, 5.74) is 1.82. The molecule has 0 aliphatic carbocycles. The monoisotopic (exact) mass is 411 g/mol. The van der Waals surface area contributed by atoms with Gasteiger partial charge in [-0.3, -0.25) is 9.78 Å². The third-order valence-electron chi connectivity index (χ3n) is 6.03. The van der Waals surface area contributed by atoms with Gasteiger partial charge in [0.15, 0.2) is 0 Å². The molecular weight excluding hydrogens is 381 g/mol. The van der Waals surface area contributed by atoms with Crippen molar-refractivity contribution < 1.29 is 9.53 Å². The highest BCUT2D eigenvalue weighted by molar-refractivity contribution is 7.27. The lowest BCUT2D eigenvalue weighted by molar-refractivity contribution is -0.161. The Bertz CT molecular complexity index is 837. The number of morpholine rings is 1. The summed E-state index contributed by atoms with van der Waals surface area (Å²) in [5.74, 6) is 0.0582. The lowest BCUT2D eigenvalue weighted by Gasteiger charge is -2.49. The van der Waals surface area contributed by atoms with Crippen molar-refractivity contribution in [2.75, 3.05) is 32.7 Å². The van der Waals surface area contributed by atoms with E-state index in [0.717, 1.165) is 44.2 Å². The van der Waals surface area contributed by atoms with E-state index in [1.165, 1.54) is 5.56 Å². The van der Waals surface area contributed by atoms with Crippen LogP contribution in [0.4, 0.5) is 0 Å². The van der Waals surface area contributed by atoms with Gasteiger partial charge in [0.1, 0.15) is 0 Å². The Labute approximate surface area is 175 Å². The van der Waals surface area contributed by atoms with Crippen molar-refractivity contribution in [3.8, 4) is 0 Å². The molecule has 0 saturated carbocycles. The van der Waals surface area contributed by atoms with Crippen LogP contribution in [0.25, 0.3) is 0 Å². The van der Waals surface area contributed by atoms with Crippen molar-refractivity contribution in [1.29, 1.82) is 0 Å². The van der Waals surface area contributed by atoms with Gasteiger partial charge in [0, 0.05) is 38.6 Å². The molecule has 6 heteroatoms. The molecule has 2 aromatic rings. The Morgan fingerprint density at radius 1 is 1.24 bits per heavy atom. The average molecular weight is 411 g/mol. The van der Waals surface area contributed by atoms with Crippen LogP contribution < -0.4 is 5.30 Å². The maximum Gasteiger partial charge on any atom is 0.255 e. The van der Waals surface area contributed by atoms with Gasteiger partial charge in [0.25, 0.3) is 5.91 Å². The van der Waals surface area contributed by atoms with Gasteiger partial charge in [0.2, 0.25) is 0 Å². The second-order valence-corrected chi connectivity index (χ2v) is 9.05. The minimum Gasteiger partial charge on any atom is -0.368 e. The predicted octanol–water partition coefficient (Wildman–Crippen LogP) is 2.52. The van der Waals surface area contributed by atoms with Crippen LogP contribution in [0.15, 0.2) is 48.8 Å². The molecule has 2 saturated heterocycles. The summed E-state index contributed by atoms with van der Waals surface area (Å²) in [4.78, 5) is 21.7. The van der Waals surface area contributed by atoms with E-state index >= 15 is 0 Å². The van der Waals surface area contributed by atoms with Gasteiger partial charge in [-0.05, 0) is 43.1 Å². The van der Waals surface area contributed by atoms with Crippen LogP contribution in [0.5, 0.6) is 0 Å². The van der Waals surface area contributed by atoms with E-state index in [1.54, 1.807) is 12.4 Å². The van der Waals surface area contributed by atoms with Crippen LogP contribution in [0, 0.1) is 0 Å². The highest BCUT2D eigenvalue weighted by atomic mass is 31.0. The second-order valence-electron chi connectivity index (χ2n) is 8.38. The molecular formula is C23H30N3O2P. The molecule has 2 unspecified atom stereocenters. The van der Waals surface area contributed by atoms with Gasteiger partial charge < -0.3 is 14.5 Å². The van der Waals surface area contributed by atoms with Gasteiger partial charge in [0.05, 0.1) is 23.8 Å². The first-order valence-electron chi connectivity index (χ1n) is 10.5. The zero-order valence-electron chi connectivity index (χ0n) is 17.1. The molecule has 1 aromatic carbocycles. The molecule has 0 radical (unpaired) electrons. The fraction of sp³-hybridized carbons (Fsp3) is 0.478. The summed E-state index contributed by atoms with van der Waals surface area (Å²) in [7, 11) is 2.61. The zero-order chi connectivity index (χ0) is 20.3. The average Bonchev–Trinajstić information content (AvgIpc) is 2.73. The van der Waals surface area contributed by atoms with Crippen molar-refractivity contribution in [2.45, 2.75) is 37.9 Å². The second kappa shape index (κ2) is 8.91. The molecule has 2 atom stereocenters. The van der Waals surface area contributed by atoms with E-state index in [9.17, 15) is 4.79 Å². The topological polar surface area (TPSA) is 45.7 Å². The Kier molecular flexibility index (Phi) is 6.29. The Morgan fingerprint density at radius 3 is 2.72 bits per heavy atom. The van der Waals surface area contributed by atoms with Gasteiger partial charge in [-0.15, -0.1) is 9.24 Å². The molecule has 1 aromatic heterocycles.